The molecule has 1 aromatic carbocycles. The number of nitrogens with zero attached hydrogens (tertiary/aromatic N) is 2. The van der Waals surface area contributed by atoms with E-state index < -0.39 is 0 Å². The molecule has 0 fully saturated rings. The SMILES string of the molecule is Cc1ccc(-n2nc(C)c(CC(=O)NCCCO)c2C)cc1Cl. The van der Waals surface area contributed by atoms with Crippen molar-refractivity contribution in [2.75, 3.05) is 13.2 Å². The number of aliphatic hydroxyl groups is 1. The van der Waals surface area contributed by atoms with Crippen LogP contribution in [0.15, 0.2) is 18.2 Å². The molecular weight excluding hydrogens is 314 g/mol. The zero-order valence-corrected chi connectivity index (χ0v) is 14.4. The number of carbonyl (C=O) groups excluding carboxylic acids is 1. The number of benzene rings is 1. The van der Waals surface area contributed by atoms with Gasteiger partial charge in [-0.1, -0.05) is 17.7 Å². The number of amides is 1. The number of aryl methyl sites for hydroxylation is 2. The highest BCUT2D eigenvalue weighted by molar-refractivity contribution is 6.31. The van der Waals surface area contributed by atoms with Crippen LogP contribution in [-0.4, -0.2) is 33.9 Å². The number of halogens is 1. The fourth-order valence-corrected chi connectivity index (χ4v) is 2.60. The van der Waals surface area contributed by atoms with Gasteiger partial charge >= 0.3 is 0 Å². The molecule has 0 aliphatic heterocycles. The number of hydrogen-bond donors (Lipinski definition) is 2. The third kappa shape index (κ3) is 4.12. The summed E-state index contributed by atoms with van der Waals surface area (Å²) < 4.78 is 1.82. The minimum Gasteiger partial charge on any atom is -0.396 e. The lowest BCUT2D eigenvalue weighted by Gasteiger charge is -2.08. The third-order valence-corrected chi connectivity index (χ3v) is 4.24. The Morgan fingerprint density at radius 2 is 2.09 bits per heavy atom. The van der Waals surface area contributed by atoms with Crippen molar-refractivity contribution in [3.8, 4) is 5.69 Å². The summed E-state index contributed by atoms with van der Waals surface area (Å²) in [6.45, 7) is 6.36. The van der Waals surface area contributed by atoms with Crippen molar-refractivity contribution in [3.63, 3.8) is 0 Å². The van der Waals surface area contributed by atoms with Crippen LogP contribution >= 0.6 is 11.6 Å². The van der Waals surface area contributed by atoms with Crippen LogP contribution in [0.4, 0.5) is 0 Å². The summed E-state index contributed by atoms with van der Waals surface area (Å²) in [6.07, 6.45) is 0.841. The molecule has 23 heavy (non-hydrogen) atoms. The monoisotopic (exact) mass is 335 g/mol. The molecule has 124 valence electrons. The van der Waals surface area contributed by atoms with Gasteiger partial charge in [0.25, 0.3) is 0 Å². The van der Waals surface area contributed by atoms with Crippen molar-refractivity contribution >= 4 is 17.5 Å². The molecule has 2 N–H and O–H groups in total. The Balaban J connectivity index is 2.22. The highest BCUT2D eigenvalue weighted by atomic mass is 35.5. The van der Waals surface area contributed by atoms with Crippen molar-refractivity contribution < 1.29 is 9.90 Å². The molecule has 0 saturated heterocycles. The summed E-state index contributed by atoms with van der Waals surface area (Å²) in [5, 5.41) is 16.8. The number of rotatable bonds is 6. The third-order valence-electron chi connectivity index (χ3n) is 3.84. The summed E-state index contributed by atoms with van der Waals surface area (Å²) in [5.41, 5.74) is 4.58. The van der Waals surface area contributed by atoms with Gasteiger partial charge in [0, 0.05) is 29.4 Å². The van der Waals surface area contributed by atoms with Crippen LogP contribution in [0.5, 0.6) is 0 Å². The molecule has 6 heteroatoms. The van der Waals surface area contributed by atoms with Gasteiger partial charge in [-0.25, -0.2) is 4.68 Å². The first-order chi connectivity index (χ1) is 10.9. The molecule has 1 heterocycles. The van der Waals surface area contributed by atoms with E-state index in [1.54, 1.807) is 0 Å². The standard InChI is InChI=1S/C17H22ClN3O2/c1-11-5-6-14(9-16(11)18)21-13(3)15(12(2)20-21)10-17(23)19-7-4-8-22/h5-6,9,22H,4,7-8,10H2,1-3H3,(H,19,23). The molecule has 0 atom stereocenters. The van der Waals surface area contributed by atoms with Gasteiger partial charge in [-0.15, -0.1) is 0 Å². The predicted molar refractivity (Wildman–Crippen MR) is 91.2 cm³/mol. The van der Waals surface area contributed by atoms with Crippen molar-refractivity contribution in [2.24, 2.45) is 0 Å². The van der Waals surface area contributed by atoms with Crippen LogP contribution in [0.2, 0.25) is 5.02 Å². The molecule has 0 bridgehead atoms. The molecule has 2 rings (SSSR count). The Labute approximate surface area is 141 Å². The van der Waals surface area contributed by atoms with Gasteiger partial charge < -0.3 is 10.4 Å². The van der Waals surface area contributed by atoms with Gasteiger partial charge in [-0.05, 0) is 44.9 Å². The second-order valence-electron chi connectivity index (χ2n) is 5.60. The van der Waals surface area contributed by atoms with Crippen LogP contribution < -0.4 is 5.32 Å². The van der Waals surface area contributed by atoms with Gasteiger partial charge in [-0.3, -0.25) is 4.79 Å². The van der Waals surface area contributed by atoms with E-state index in [-0.39, 0.29) is 18.9 Å². The number of aromatic nitrogens is 2. The molecule has 1 amide bonds. The molecule has 0 unspecified atom stereocenters. The van der Waals surface area contributed by atoms with Crippen LogP contribution in [0.3, 0.4) is 0 Å². The molecule has 1 aromatic heterocycles. The minimum atomic E-state index is -0.0638. The van der Waals surface area contributed by atoms with Crippen LogP contribution in [0, 0.1) is 20.8 Å². The topological polar surface area (TPSA) is 67.2 Å². The van der Waals surface area contributed by atoms with E-state index >= 15 is 0 Å². The van der Waals surface area contributed by atoms with Crippen molar-refractivity contribution in [1.29, 1.82) is 0 Å². The van der Waals surface area contributed by atoms with Gasteiger partial charge in [-0.2, -0.15) is 5.10 Å². The fraction of sp³-hybridized carbons (Fsp3) is 0.412. The van der Waals surface area contributed by atoms with E-state index in [1.807, 2.05) is 43.7 Å². The Morgan fingerprint density at radius 1 is 1.35 bits per heavy atom. The number of aliphatic hydroxyl groups excluding tert-OH is 1. The van der Waals surface area contributed by atoms with Gasteiger partial charge in [0.05, 0.1) is 17.8 Å². The fourth-order valence-electron chi connectivity index (χ4n) is 2.43. The zero-order chi connectivity index (χ0) is 17.0. The summed E-state index contributed by atoms with van der Waals surface area (Å²) in [4.78, 5) is 12.0. The second-order valence-corrected chi connectivity index (χ2v) is 6.01. The van der Waals surface area contributed by atoms with Gasteiger partial charge in [0.2, 0.25) is 5.91 Å². The van der Waals surface area contributed by atoms with Crippen LogP contribution in [0.1, 0.15) is 28.9 Å². The largest absolute Gasteiger partial charge is 0.396 e. The maximum Gasteiger partial charge on any atom is 0.224 e. The molecule has 0 saturated carbocycles. The van der Waals surface area contributed by atoms with E-state index in [0.717, 1.165) is 28.2 Å². The summed E-state index contributed by atoms with van der Waals surface area (Å²) in [6, 6.07) is 5.79. The van der Waals surface area contributed by atoms with E-state index in [2.05, 4.69) is 10.4 Å². The highest BCUT2D eigenvalue weighted by Gasteiger charge is 2.16. The molecule has 5 nitrogen and oxygen atoms in total. The number of carbonyl (C=O) groups is 1. The average molecular weight is 336 g/mol. The normalized spacial score (nSPS) is 10.8. The lowest BCUT2D eigenvalue weighted by molar-refractivity contribution is -0.120. The zero-order valence-electron chi connectivity index (χ0n) is 13.7. The second kappa shape index (κ2) is 7.62. The van der Waals surface area contributed by atoms with E-state index in [9.17, 15) is 4.79 Å². The van der Waals surface area contributed by atoms with Gasteiger partial charge in [0.15, 0.2) is 0 Å². The summed E-state index contributed by atoms with van der Waals surface area (Å²) in [7, 11) is 0. The first kappa shape index (κ1) is 17.5. The molecule has 2 aromatic rings. The van der Waals surface area contributed by atoms with E-state index in [1.165, 1.54) is 0 Å². The molecular formula is C17H22ClN3O2. The average Bonchev–Trinajstić information content (AvgIpc) is 2.78. The maximum atomic E-state index is 12.0. The Hall–Kier alpha value is -1.85. The van der Waals surface area contributed by atoms with E-state index in [0.29, 0.717) is 18.0 Å². The molecule has 0 aliphatic carbocycles. The predicted octanol–water partition coefficient (Wildman–Crippen LogP) is 2.49. The first-order valence-corrected chi connectivity index (χ1v) is 8.01. The highest BCUT2D eigenvalue weighted by Crippen LogP contribution is 2.23. The Kier molecular flexibility index (Phi) is 5.80. The number of nitrogens with one attached hydrogen (secondary N) is 1. The summed E-state index contributed by atoms with van der Waals surface area (Å²) >= 11 is 6.19. The van der Waals surface area contributed by atoms with Crippen molar-refractivity contribution in [3.05, 3.63) is 45.7 Å². The summed E-state index contributed by atoms with van der Waals surface area (Å²) in [5.74, 6) is -0.0638. The maximum absolute atomic E-state index is 12.0. The molecule has 0 radical (unpaired) electrons. The Morgan fingerprint density at radius 3 is 2.74 bits per heavy atom. The minimum absolute atomic E-state index is 0.0638. The van der Waals surface area contributed by atoms with E-state index in [4.69, 9.17) is 16.7 Å². The lowest BCUT2D eigenvalue weighted by atomic mass is 10.1. The number of hydrogen-bond acceptors (Lipinski definition) is 3. The molecule has 0 spiro atoms. The van der Waals surface area contributed by atoms with Gasteiger partial charge in [0.1, 0.15) is 0 Å². The van der Waals surface area contributed by atoms with Crippen LogP contribution in [0.25, 0.3) is 5.69 Å². The van der Waals surface area contributed by atoms with Crippen LogP contribution in [-0.2, 0) is 11.2 Å². The van der Waals surface area contributed by atoms with Crippen molar-refractivity contribution in [1.82, 2.24) is 15.1 Å². The van der Waals surface area contributed by atoms with Crippen molar-refractivity contribution in [2.45, 2.75) is 33.6 Å². The smallest absolute Gasteiger partial charge is 0.224 e. The Bertz CT molecular complexity index is 710. The first-order valence-electron chi connectivity index (χ1n) is 7.63. The lowest BCUT2D eigenvalue weighted by Crippen LogP contribution is -2.27. The quantitative estimate of drug-likeness (QED) is 0.797. The molecule has 0 aliphatic rings.